The zero-order valence-electron chi connectivity index (χ0n) is 15.2. The van der Waals surface area contributed by atoms with Crippen molar-refractivity contribution in [2.75, 3.05) is 5.75 Å². The van der Waals surface area contributed by atoms with Crippen molar-refractivity contribution < 1.29 is 4.79 Å². The summed E-state index contributed by atoms with van der Waals surface area (Å²) in [6.45, 7) is 2.30. The van der Waals surface area contributed by atoms with E-state index in [1.165, 1.54) is 42.3 Å². The molecular formula is C19H26N4OS2. The number of rotatable bonds is 7. The van der Waals surface area contributed by atoms with Gasteiger partial charge in [-0.15, -0.1) is 21.5 Å². The smallest absolute Gasteiger partial charge is 0.230 e. The quantitative estimate of drug-likeness (QED) is 0.725. The van der Waals surface area contributed by atoms with E-state index in [0.717, 1.165) is 36.2 Å². The maximum Gasteiger partial charge on any atom is 0.230 e. The Bertz CT molecular complexity index is 731. The number of thiophene rings is 1. The van der Waals surface area contributed by atoms with Gasteiger partial charge in [-0.25, -0.2) is 0 Å². The van der Waals surface area contributed by atoms with Gasteiger partial charge in [-0.3, -0.25) is 4.79 Å². The number of aromatic nitrogens is 3. The number of hydrogen-bond acceptors (Lipinski definition) is 5. The first-order valence-electron chi connectivity index (χ1n) is 9.57. The van der Waals surface area contributed by atoms with Gasteiger partial charge in [0.25, 0.3) is 0 Å². The standard InChI is InChI=1S/C19H26N4OS2/c1-13-4-6-14(7-5-13)20-18(24)12-26-19-22-21-17(23(19)15-8-9-15)11-16-3-2-10-25-16/h2-3,10,13-15H,4-9,11-12H2,1H3,(H,20,24). The Morgan fingerprint density at radius 3 is 2.77 bits per heavy atom. The molecule has 140 valence electrons. The molecule has 2 aliphatic rings. The summed E-state index contributed by atoms with van der Waals surface area (Å²) in [5, 5.41) is 15.0. The first-order valence-corrected chi connectivity index (χ1v) is 11.4. The third-order valence-electron chi connectivity index (χ3n) is 5.27. The zero-order chi connectivity index (χ0) is 17.9. The summed E-state index contributed by atoms with van der Waals surface area (Å²) in [5.74, 6) is 2.38. The lowest BCUT2D eigenvalue weighted by molar-refractivity contribution is -0.119. The Morgan fingerprint density at radius 1 is 1.27 bits per heavy atom. The van der Waals surface area contributed by atoms with Gasteiger partial charge in [-0.05, 0) is 55.9 Å². The normalized spacial score (nSPS) is 23.1. The first-order chi connectivity index (χ1) is 12.7. The van der Waals surface area contributed by atoms with Gasteiger partial charge in [0.05, 0.1) is 5.75 Å². The molecule has 2 aliphatic carbocycles. The summed E-state index contributed by atoms with van der Waals surface area (Å²) in [6, 6.07) is 5.09. The van der Waals surface area contributed by atoms with Gasteiger partial charge in [-0.2, -0.15) is 0 Å². The molecule has 0 spiro atoms. The maximum absolute atomic E-state index is 12.3. The van der Waals surface area contributed by atoms with E-state index in [9.17, 15) is 4.79 Å². The van der Waals surface area contributed by atoms with Gasteiger partial charge in [0.1, 0.15) is 5.82 Å². The molecule has 0 unspecified atom stereocenters. The average Bonchev–Trinajstić information content (AvgIpc) is 3.18. The van der Waals surface area contributed by atoms with Gasteiger partial charge < -0.3 is 9.88 Å². The van der Waals surface area contributed by atoms with Crippen molar-refractivity contribution in [3.63, 3.8) is 0 Å². The first kappa shape index (κ1) is 18.0. The van der Waals surface area contributed by atoms with Gasteiger partial charge >= 0.3 is 0 Å². The van der Waals surface area contributed by atoms with Crippen LogP contribution in [0.3, 0.4) is 0 Å². The summed E-state index contributed by atoms with van der Waals surface area (Å²) in [6.07, 6.45) is 7.88. The molecular weight excluding hydrogens is 364 g/mol. The SMILES string of the molecule is CC1CCC(NC(=O)CSc2nnc(Cc3cccs3)n2C2CC2)CC1. The lowest BCUT2D eigenvalue weighted by Gasteiger charge is -2.26. The highest BCUT2D eigenvalue weighted by Crippen LogP contribution is 2.39. The van der Waals surface area contributed by atoms with E-state index in [0.29, 0.717) is 17.8 Å². The molecule has 0 aliphatic heterocycles. The van der Waals surface area contributed by atoms with Gasteiger partial charge in [0.2, 0.25) is 5.91 Å². The van der Waals surface area contributed by atoms with Crippen molar-refractivity contribution >= 4 is 29.0 Å². The highest BCUT2D eigenvalue weighted by Gasteiger charge is 2.30. The second-order valence-corrected chi connectivity index (χ2v) is 9.54. The third-order valence-corrected chi connectivity index (χ3v) is 7.09. The van der Waals surface area contributed by atoms with E-state index >= 15 is 0 Å². The lowest BCUT2D eigenvalue weighted by atomic mass is 9.87. The van der Waals surface area contributed by atoms with Gasteiger partial charge in [0.15, 0.2) is 5.16 Å². The topological polar surface area (TPSA) is 59.8 Å². The van der Waals surface area contributed by atoms with Crippen LogP contribution in [0.15, 0.2) is 22.7 Å². The van der Waals surface area contributed by atoms with E-state index in [1.807, 2.05) is 0 Å². The van der Waals surface area contributed by atoms with Crippen molar-refractivity contribution in [3.8, 4) is 0 Å². The highest BCUT2D eigenvalue weighted by molar-refractivity contribution is 7.99. The maximum atomic E-state index is 12.3. The van der Waals surface area contributed by atoms with Gasteiger partial charge in [-0.1, -0.05) is 24.8 Å². The molecule has 2 saturated carbocycles. The van der Waals surface area contributed by atoms with E-state index in [-0.39, 0.29) is 5.91 Å². The summed E-state index contributed by atoms with van der Waals surface area (Å²) in [4.78, 5) is 13.6. The zero-order valence-corrected chi connectivity index (χ0v) is 16.8. The Kier molecular flexibility index (Phi) is 5.64. The predicted molar refractivity (Wildman–Crippen MR) is 106 cm³/mol. The molecule has 2 fully saturated rings. The lowest BCUT2D eigenvalue weighted by Crippen LogP contribution is -2.38. The Balaban J connectivity index is 1.34. The van der Waals surface area contributed by atoms with Crippen LogP contribution in [0.25, 0.3) is 0 Å². The van der Waals surface area contributed by atoms with Crippen LogP contribution in [0.4, 0.5) is 0 Å². The van der Waals surface area contributed by atoms with Crippen LogP contribution in [0.5, 0.6) is 0 Å². The molecule has 0 atom stereocenters. The van der Waals surface area contributed by atoms with Crippen molar-refractivity contribution in [2.24, 2.45) is 5.92 Å². The Morgan fingerprint density at radius 2 is 2.08 bits per heavy atom. The van der Waals surface area contributed by atoms with Crippen LogP contribution in [0.1, 0.15) is 62.2 Å². The number of nitrogens with one attached hydrogen (secondary N) is 1. The van der Waals surface area contributed by atoms with Crippen LogP contribution < -0.4 is 5.32 Å². The van der Waals surface area contributed by atoms with E-state index in [4.69, 9.17) is 0 Å². The molecule has 2 heterocycles. The largest absolute Gasteiger partial charge is 0.353 e. The fourth-order valence-electron chi connectivity index (χ4n) is 3.60. The van der Waals surface area contributed by atoms with E-state index in [1.54, 1.807) is 11.3 Å². The molecule has 2 aromatic heterocycles. The molecule has 0 aromatic carbocycles. The van der Waals surface area contributed by atoms with Crippen molar-refractivity contribution in [3.05, 3.63) is 28.2 Å². The molecule has 0 saturated heterocycles. The molecule has 26 heavy (non-hydrogen) atoms. The minimum absolute atomic E-state index is 0.125. The molecule has 2 aromatic rings. The van der Waals surface area contributed by atoms with E-state index in [2.05, 4.69) is 44.5 Å². The number of carbonyl (C=O) groups is 1. The van der Waals surface area contributed by atoms with E-state index < -0.39 is 0 Å². The molecule has 4 rings (SSSR count). The van der Waals surface area contributed by atoms with Crippen molar-refractivity contribution in [1.82, 2.24) is 20.1 Å². The minimum atomic E-state index is 0.125. The van der Waals surface area contributed by atoms with Crippen LogP contribution in [0.2, 0.25) is 0 Å². The highest BCUT2D eigenvalue weighted by atomic mass is 32.2. The summed E-state index contributed by atoms with van der Waals surface area (Å²) in [5.41, 5.74) is 0. The Hall–Kier alpha value is -1.34. The second kappa shape index (κ2) is 8.13. The average molecular weight is 391 g/mol. The fourth-order valence-corrected chi connectivity index (χ4v) is 5.14. The summed E-state index contributed by atoms with van der Waals surface area (Å²) < 4.78 is 2.26. The number of carbonyl (C=O) groups excluding carboxylic acids is 1. The van der Waals surface area contributed by atoms with Crippen LogP contribution in [-0.2, 0) is 11.2 Å². The van der Waals surface area contributed by atoms with Gasteiger partial charge in [0, 0.05) is 23.4 Å². The molecule has 1 amide bonds. The summed E-state index contributed by atoms with van der Waals surface area (Å²) >= 11 is 3.28. The third kappa shape index (κ3) is 4.49. The van der Waals surface area contributed by atoms with Crippen molar-refractivity contribution in [2.45, 2.75) is 69.1 Å². The summed E-state index contributed by atoms with van der Waals surface area (Å²) in [7, 11) is 0. The molecule has 0 bridgehead atoms. The van der Waals surface area contributed by atoms with Crippen molar-refractivity contribution in [1.29, 1.82) is 0 Å². The fraction of sp³-hybridized carbons (Fsp3) is 0.632. The Labute approximate surface area is 163 Å². The molecule has 0 radical (unpaired) electrons. The van der Waals surface area contributed by atoms with Crippen LogP contribution >= 0.6 is 23.1 Å². The number of amides is 1. The van der Waals surface area contributed by atoms with Crippen LogP contribution in [0, 0.1) is 5.92 Å². The molecule has 5 nitrogen and oxygen atoms in total. The van der Waals surface area contributed by atoms with Crippen LogP contribution in [-0.4, -0.2) is 32.5 Å². The molecule has 7 heteroatoms. The number of nitrogens with zero attached hydrogens (tertiary/aromatic N) is 3. The minimum Gasteiger partial charge on any atom is -0.353 e. The number of hydrogen-bond donors (Lipinski definition) is 1. The number of thioether (sulfide) groups is 1. The predicted octanol–water partition coefficient (Wildman–Crippen LogP) is 4.05. The second-order valence-electron chi connectivity index (χ2n) is 7.57. The molecule has 1 N–H and O–H groups in total. The monoisotopic (exact) mass is 390 g/mol.